The Morgan fingerprint density at radius 2 is 2.10 bits per heavy atom. The van der Waals surface area contributed by atoms with E-state index in [9.17, 15) is 13.6 Å². The molecule has 29 heavy (non-hydrogen) atoms. The maximum atomic E-state index is 13.6. The highest BCUT2D eigenvalue weighted by molar-refractivity contribution is 6.21. The van der Waals surface area contributed by atoms with Crippen LogP contribution in [0.3, 0.4) is 0 Å². The molecule has 4 atom stereocenters. The SMILES string of the molecule is CN/N=C(\OC(Cl)C/C=C\C(C)Cl)C1CNCC12CN(C(=O)C1(C)CC1(F)F)C2. The van der Waals surface area contributed by atoms with Crippen LogP contribution in [0.4, 0.5) is 8.78 Å². The van der Waals surface area contributed by atoms with Gasteiger partial charge in [-0.2, -0.15) is 0 Å². The average Bonchev–Trinajstić information content (AvgIpc) is 2.93. The summed E-state index contributed by atoms with van der Waals surface area (Å²) in [6, 6.07) is 0. The number of hydrogen-bond acceptors (Lipinski definition) is 5. The first-order valence-corrected chi connectivity index (χ1v) is 10.7. The molecule has 1 aliphatic carbocycles. The quantitative estimate of drug-likeness (QED) is 0.205. The summed E-state index contributed by atoms with van der Waals surface area (Å²) in [5.41, 5.74) is 0.287. The molecule has 0 aromatic heterocycles. The molecule has 3 fully saturated rings. The molecule has 3 rings (SSSR count). The molecule has 1 saturated carbocycles. The maximum absolute atomic E-state index is 13.6. The van der Waals surface area contributed by atoms with E-state index in [4.69, 9.17) is 27.9 Å². The normalized spacial score (nSPS) is 32.2. The van der Waals surface area contributed by atoms with Crippen molar-refractivity contribution < 1.29 is 18.3 Å². The first-order valence-electron chi connectivity index (χ1n) is 9.78. The van der Waals surface area contributed by atoms with Crippen LogP contribution >= 0.6 is 23.2 Å². The predicted octanol–water partition coefficient (Wildman–Crippen LogP) is 2.77. The van der Waals surface area contributed by atoms with Gasteiger partial charge in [0.05, 0.1) is 5.92 Å². The van der Waals surface area contributed by atoms with Crippen LogP contribution in [0.1, 0.15) is 26.7 Å². The summed E-state index contributed by atoms with van der Waals surface area (Å²) in [6.45, 7) is 5.28. The fraction of sp³-hybridized carbons (Fsp3) is 0.789. The van der Waals surface area contributed by atoms with Gasteiger partial charge in [0, 0.05) is 56.9 Å². The van der Waals surface area contributed by atoms with E-state index in [1.54, 1.807) is 7.05 Å². The minimum absolute atomic E-state index is 0.0918. The number of rotatable bonds is 7. The zero-order chi connectivity index (χ0) is 21.4. The Kier molecular flexibility index (Phi) is 6.37. The smallest absolute Gasteiger partial charge is 0.263 e. The molecule has 0 bridgehead atoms. The largest absolute Gasteiger partial charge is 0.459 e. The average molecular weight is 453 g/mol. The van der Waals surface area contributed by atoms with Crippen molar-refractivity contribution >= 4 is 35.0 Å². The zero-order valence-electron chi connectivity index (χ0n) is 16.9. The predicted molar refractivity (Wildman–Crippen MR) is 109 cm³/mol. The molecule has 0 radical (unpaired) electrons. The first kappa shape index (κ1) is 22.6. The fourth-order valence-corrected chi connectivity index (χ4v) is 4.47. The van der Waals surface area contributed by atoms with E-state index in [0.717, 1.165) is 0 Å². The Bertz CT molecular complexity index is 698. The molecule has 2 aliphatic heterocycles. The number of alkyl halides is 4. The molecular formula is C19H28Cl2F2N4O2. The van der Waals surface area contributed by atoms with Gasteiger partial charge in [-0.25, -0.2) is 8.78 Å². The molecule has 2 N–H and O–H groups in total. The van der Waals surface area contributed by atoms with Gasteiger partial charge < -0.3 is 20.4 Å². The molecule has 6 nitrogen and oxygen atoms in total. The number of carbonyl (C=O) groups is 1. The third-order valence-electron chi connectivity index (χ3n) is 6.08. The number of amides is 1. The summed E-state index contributed by atoms with van der Waals surface area (Å²) in [7, 11) is 1.67. The Morgan fingerprint density at radius 3 is 2.66 bits per heavy atom. The summed E-state index contributed by atoms with van der Waals surface area (Å²) in [5.74, 6) is -3.02. The van der Waals surface area contributed by atoms with Crippen LogP contribution in [-0.4, -0.2) is 66.8 Å². The van der Waals surface area contributed by atoms with Gasteiger partial charge in [0.25, 0.3) is 5.92 Å². The van der Waals surface area contributed by atoms with Crippen molar-refractivity contribution in [1.29, 1.82) is 0 Å². The number of hydrazone groups is 1. The summed E-state index contributed by atoms with van der Waals surface area (Å²) < 4.78 is 33.1. The van der Waals surface area contributed by atoms with Gasteiger partial charge >= 0.3 is 0 Å². The molecular weight excluding hydrogens is 425 g/mol. The van der Waals surface area contributed by atoms with Crippen molar-refractivity contribution in [2.24, 2.45) is 21.8 Å². The van der Waals surface area contributed by atoms with E-state index < -0.39 is 22.8 Å². The third kappa shape index (κ3) is 4.35. The summed E-state index contributed by atoms with van der Waals surface area (Å²) in [5, 5.41) is 7.49. The highest BCUT2D eigenvalue weighted by atomic mass is 35.5. The molecule has 4 unspecified atom stereocenters. The molecule has 1 amide bonds. The van der Waals surface area contributed by atoms with Crippen molar-refractivity contribution in [3.63, 3.8) is 0 Å². The number of hydrogen-bond donors (Lipinski definition) is 2. The second-order valence-corrected chi connectivity index (χ2v) is 9.64. The van der Waals surface area contributed by atoms with Crippen molar-refractivity contribution in [3.8, 4) is 0 Å². The monoisotopic (exact) mass is 452 g/mol. The van der Waals surface area contributed by atoms with Crippen molar-refractivity contribution in [2.75, 3.05) is 33.2 Å². The number of carbonyl (C=O) groups excluding carboxylic acids is 1. The lowest BCUT2D eigenvalue weighted by Gasteiger charge is -2.51. The van der Waals surface area contributed by atoms with Gasteiger partial charge in [0.2, 0.25) is 11.8 Å². The van der Waals surface area contributed by atoms with E-state index >= 15 is 0 Å². The van der Waals surface area contributed by atoms with E-state index in [2.05, 4.69) is 15.8 Å². The third-order valence-corrected chi connectivity index (χ3v) is 6.50. The number of allylic oxidation sites excluding steroid dienone is 1. The lowest BCUT2D eigenvalue weighted by atomic mass is 9.71. The molecule has 0 aromatic rings. The highest BCUT2D eigenvalue weighted by Gasteiger charge is 2.74. The van der Waals surface area contributed by atoms with Gasteiger partial charge in [-0.15, -0.1) is 16.7 Å². The van der Waals surface area contributed by atoms with Crippen LogP contribution in [0, 0.1) is 16.7 Å². The van der Waals surface area contributed by atoms with Crippen LogP contribution in [0.5, 0.6) is 0 Å². The molecule has 10 heteroatoms. The maximum Gasteiger partial charge on any atom is 0.263 e. The highest BCUT2D eigenvalue weighted by Crippen LogP contribution is 2.62. The summed E-state index contributed by atoms with van der Waals surface area (Å²) >= 11 is 12.2. The second kappa shape index (κ2) is 8.19. The van der Waals surface area contributed by atoms with Gasteiger partial charge in [-0.05, 0) is 13.8 Å². The lowest BCUT2D eigenvalue weighted by Crippen LogP contribution is -2.64. The summed E-state index contributed by atoms with van der Waals surface area (Å²) in [6.07, 6.45) is 3.78. The Labute approximate surface area is 180 Å². The molecule has 2 heterocycles. The van der Waals surface area contributed by atoms with Crippen LogP contribution in [0.25, 0.3) is 0 Å². The molecule has 164 valence electrons. The number of nitrogens with one attached hydrogen (secondary N) is 2. The topological polar surface area (TPSA) is 66.0 Å². The van der Waals surface area contributed by atoms with Crippen LogP contribution in [0.2, 0.25) is 0 Å². The van der Waals surface area contributed by atoms with Crippen LogP contribution in [-0.2, 0) is 9.53 Å². The zero-order valence-corrected chi connectivity index (χ0v) is 18.4. The number of likely N-dealkylation sites (tertiary alicyclic amines) is 1. The Morgan fingerprint density at radius 1 is 1.45 bits per heavy atom. The van der Waals surface area contributed by atoms with Crippen molar-refractivity contribution in [1.82, 2.24) is 15.6 Å². The molecule has 3 aliphatic rings. The van der Waals surface area contributed by atoms with Gasteiger partial charge in [-0.1, -0.05) is 23.8 Å². The van der Waals surface area contributed by atoms with E-state index in [1.165, 1.54) is 11.8 Å². The summed E-state index contributed by atoms with van der Waals surface area (Å²) in [4.78, 5) is 14.1. The Hall–Kier alpha value is -1.12. The van der Waals surface area contributed by atoms with Crippen LogP contribution in [0.15, 0.2) is 17.3 Å². The minimum Gasteiger partial charge on any atom is -0.459 e. The minimum atomic E-state index is -2.90. The Balaban J connectivity index is 1.63. The standard InChI is InChI=1S/C19H28Cl2F2N4O2/c1-12(20)5-4-6-14(21)29-15(26-24-3)13-7-25-9-18(13)10-27(11-18)16(28)17(2)8-19(17,22)23/h4-5,12-14,24-25H,6-11H2,1-3H3/b5-4-,26-15-. The van der Waals surface area contributed by atoms with E-state index in [-0.39, 0.29) is 23.1 Å². The second-order valence-electron chi connectivity index (χ2n) is 8.46. The van der Waals surface area contributed by atoms with E-state index in [0.29, 0.717) is 38.5 Å². The molecule has 2 saturated heterocycles. The van der Waals surface area contributed by atoms with Gasteiger partial charge in [0.15, 0.2) is 5.56 Å². The number of nitrogens with zero attached hydrogens (tertiary/aromatic N) is 2. The number of halogens is 4. The van der Waals surface area contributed by atoms with Gasteiger partial charge in [-0.3, -0.25) is 4.79 Å². The fourth-order valence-electron chi connectivity index (χ4n) is 4.17. The first-order chi connectivity index (χ1) is 13.5. The lowest BCUT2D eigenvalue weighted by molar-refractivity contribution is -0.153. The van der Waals surface area contributed by atoms with Gasteiger partial charge in [0.1, 0.15) is 5.41 Å². The molecule has 0 aromatic carbocycles. The van der Waals surface area contributed by atoms with Crippen molar-refractivity contribution in [2.45, 2.75) is 43.6 Å². The van der Waals surface area contributed by atoms with Crippen LogP contribution < -0.4 is 10.7 Å². The van der Waals surface area contributed by atoms with E-state index in [1.807, 2.05) is 19.1 Å². The van der Waals surface area contributed by atoms with Crippen molar-refractivity contribution in [3.05, 3.63) is 12.2 Å². The number of ether oxygens (including phenoxy) is 1. The molecule has 1 spiro atoms.